The van der Waals surface area contributed by atoms with Gasteiger partial charge in [0.2, 0.25) is 0 Å². The fourth-order valence-electron chi connectivity index (χ4n) is 4.08. The van der Waals surface area contributed by atoms with Crippen LogP contribution in [0, 0.1) is 6.92 Å². The van der Waals surface area contributed by atoms with Gasteiger partial charge in [-0.2, -0.15) is 9.78 Å². The van der Waals surface area contributed by atoms with Crippen molar-refractivity contribution in [1.82, 2.24) is 14.7 Å². The van der Waals surface area contributed by atoms with E-state index in [9.17, 15) is 14.4 Å². The highest BCUT2D eigenvalue weighted by Crippen LogP contribution is 2.24. The van der Waals surface area contributed by atoms with Crippen molar-refractivity contribution in [2.24, 2.45) is 0 Å². The molecule has 8 nitrogen and oxygen atoms in total. The molecule has 9 heteroatoms. The van der Waals surface area contributed by atoms with E-state index in [1.54, 1.807) is 35.4 Å². The zero-order valence-electron chi connectivity index (χ0n) is 18.4. The maximum Gasteiger partial charge on any atom is 0.292 e. The SMILES string of the molecule is Cc1ccc2oc(C(=O)N3CCN(c4cnn(-c5ccccc5)c(=O)c4Cl)CC3)cc(=O)c2c1. The Morgan fingerprint density at radius 2 is 1.74 bits per heavy atom. The maximum atomic E-state index is 13.0. The summed E-state index contributed by atoms with van der Waals surface area (Å²) in [6, 6.07) is 15.6. The molecular weight excluding hydrogens is 456 g/mol. The Labute approximate surface area is 199 Å². The van der Waals surface area contributed by atoms with Crippen molar-refractivity contribution in [3.63, 3.8) is 0 Å². The molecular formula is C25H21ClN4O4. The standard InChI is InChI=1S/C25H21ClN4O4/c1-16-7-8-21-18(13-16)20(31)14-22(34-21)24(32)29-11-9-28(10-12-29)19-15-27-30(25(33)23(19)26)17-5-3-2-4-6-17/h2-8,13-15H,9-12H2,1H3. The number of para-hydroxylation sites is 1. The quantitative estimate of drug-likeness (QED) is 0.451. The Morgan fingerprint density at radius 1 is 1.00 bits per heavy atom. The highest BCUT2D eigenvalue weighted by atomic mass is 35.5. The number of hydrogen-bond acceptors (Lipinski definition) is 6. The van der Waals surface area contributed by atoms with E-state index >= 15 is 0 Å². The van der Waals surface area contributed by atoms with Crippen LogP contribution in [0.15, 0.2) is 74.8 Å². The summed E-state index contributed by atoms with van der Waals surface area (Å²) in [5, 5.41) is 4.81. The van der Waals surface area contributed by atoms with Crippen LogP contribution in [-0.4, -0.2) is 46.8 Å². The van der Waals surface area contributed by atoms with Crippen molar-refractivity contribution < 1.29 is 9.21 Å². The van der Waals surface area contributed by atoms with Crippen molar-refractivity contribution in [2.75, 3.05) is 31.1 Å². The minimum absolute atomic E-state index is 0.0139. The molecule has 34 heavy (non-hydrogen) atoms. The fourth-order valence-corrected chi connectivity index (χ4v) is 4.33. The van der Waals surface area contributed by atoms with Gasteiger partial charge >= 0.3 is 0 Å². The lowest BCUT2D eigenvalue weighted by atomic mass is 10.1. The van der Waals surface area contributed by atoms with Gasteiger partial charge in [-0.15, -0.1) is 0 Å². The van der Waals surface area contributed by atoms with E-state index in [1.165, 1.54) is 10.7 Å². The highest BCUT2D eigenvalue weighted by molar-refractivity contribution is 6.33. The summed E-state index contributed by atoms with van der Waals surface area (Å²) >= 11 is 6.42. The summed E-state index contributed by atoms with van der Waals surface area (Å²) in [6.45, 7) is 3.57. The average Bonchev–Trinajstić information content (AvgIpc) is 2.86. The largest absolute Gasteiger partial charge is 0.451 e. The minimum atomic E-state index is -0.406. The Kier molecular flexibility index (Phi) is 5.67. The number of fused-ring (bicyclic) bond motifs is 1. The normalized spacial score (nSPS) is 13.9. The summed E-state index contributed by atoms with van der Waals surface area (Å²) < 4.78 is 6.99. The van der Waals surface area contributed by atoms with Gasteiger partial charge in [0, 0.05) is 32.2 Å². The zero-order valence-corrected chi connectivity index (χ0v) is 19.2. The number of aryl methyl sites for hydroxylation is 1. The van der Waals surface area contributed by atoms with E-state index in [-0.39, 0.29) is 22.1 Å². The molecule has 0 atom stereocenters. The minimum Gasteiger partial charge on any atom is -0.451 e. The van der Waals surface area contributed by atoms with E-state index in [0.29, 0.717) is 48.5 Å². The van der Waals surface area contributed by atoms with E-state index in [4.69, 9.17) is 16.0 Å². The van der Waals surface area contributed by atoms with Crippen molar-refractivity contribution in [2.45, 2.75) is 6.92 Å². The zero-order chi connectivity index (χ0) is 23.8. The van der Waals surface area contributed by atoms with Crippen LogP contribution in [0.4, 0.5) is 5.69 Å². The number of amides is 1. The second kappa shape index (κ2) is 8.79. The van der Waals surface area contributed by atoms with Crippen molar-refractivity contribution >= 4 is 34.2 Å². The number of piperazine rings is 1. The predicted molar refractivity (Wildman–Crippen MR) is 130 cm³/mol. The van der Waals surface area contributed by atoms with Gasteiger partial charge in [-0.3, -0.25) is 14.4 Å². The Morgan fingerprint density at radius 3 is 2.47 bits per heavy atom. The van der Waals surface area contributed by atoms with Crippen molar-refractivity contribution in [1.29, 1.82) is 0 Å². The number of carbonyl (C=O) groups is 1. The van der Waals surface area contributed by atoms with Gasteiger partial charge in [0.25, 0.3) is 11.5 Å². The Bertz CT molecular complexity index is 1510. The Hall–Kier alpha value is -3.91. The van der Waals surface area contributed by atoms with Gasteiger partial charge < -0.3 is 14.2 Å². The molecule has 0 spiro atoms. The number of benzene rings is 2. The molecule has 2 aromatic carbocycles. The molecule has 0 saturated carbocycles. The monoisotopic (exact) mass is 476 g/mol. The molecule has 1 amide bonds. The van der Waals surface area contributed by atoms with Gasteiger partial charge in [0.05, 0.1) is 23.0 Å². The third-order valence-corrected chi connectivity index (χ3v) is 6.26. The van der Waals surface area contributed by atoms with Gasteiger partial charge in [-0.25, -0.2) is 0 Å². The molecule has 3 heterocycles. The predicted octanol–water partition coefficient (Wildman–Crippen LogP) is 3.26. The fraction of sp³-hybridized carbons (Fsp3) is 0.200. The van der Waals surface area contributed by atoms with Crippen LogP contribution in [0.2, 0.25) is 5.02 Å². The first kappa shape index (κ1) is 21.9. The molecule has 1 saturated heterocycles. The molecule has 0 N–H and O–H groups in total. The number of carbonyl (C=O) groups excluding carboxylic acids is 1. The van der Waals surface area contributed by atoms with Crippen LogP contribution >= 0.6 is 11.6 Å². The van der Waals surface area contributed by atoms with Crippen molar-refractivity contribution in [3.8, 4) is 5.69 Å². The highest BCUT2D eigenvalue weighted by Gasteiger charge is 2.26. The maximum absolute atomic E-state index is 13.0. The van der Waals surface area contributed by atoms with Crippen LogP contribution in [0.3, 0.4) is 0 Å². The van der Waals surface area contributed by atoms with Crippen molar-refractivity contribution in [3.05, 3.63) is 97.7 Å². The molecule has 1 aliphatic rings. The second-order valence-corrected chi connectivity index (χ2v) is 8.53. The third-order valence-electron chi connectivity index (χ3n) is 5.90. The second-order valence-electron chi connectivity index (χ2n) is 8.15. The van der Waals surface area contributed by atoms with E-state index < -0.39 is 5.56 Å². The summed E-state index contributed by atoms with van der Waals surface area (Å²) in [5.41, 5.74) is 1.83. The summed E-state index contributed by atoms with van der Waals surface area (Å²) in [6.07, 6.45) is 1.57. The van der Waals surface area contributed by atoms with Crippen LogP contribution in [0.1, 0.15) is 16.1 Å². The number of hydrogen-bond donors (Lipinski definition) is 0. The van der Waals surface area contributed by atoms with Crippen LogP contribution in [0.5, 0.6) is 0 Å². The van der Waals surface area contributed by atoms with Crippen LogP contribution in [-0.2, 0) is 0 Å². The molecule has 2 aromatic heterocycles. The first-order valence-corrected chi connectivity index (χ1v) is 11.2. The lowest BCUT2D eigenvalue weighted by Gasteiger charge is -2.35. The molecule has 1 fully saturated rings. The van der Waals surface area contributed by atoms with Gasteiger partial charge in [0.1, 0.15) is 10.6 Å². The summed E-state index contributed by atoms with van der Waals surface area (Å²) in [7, 11) is 0. The lowest BCUT2D eigenvalue weighted by Crippen LogP contribution is -2.49. The van der Waals surface area contributed by atoms with Crippen LogP contribution in [0.25, 0.3) is 16.7 Å². The number of nitrogens with zero attached hydrogens (tertiary/aromatic N) is 4. The van der Waals surface area contributed by atoms with E-state index in [1.807, 2.05) is 36.1 Å². The van der Waals surface area contributed by atoms with Crippen LogP contribution < -0.4 is 15.9 Å². The topological polar surface area (TPSA) is 88.7 Å². The molecule has 0 unspecified atom stereocenters. The number of aromatic nitrogens is 2. The molecule has 1 aliphatic heterocycles. The molecule has 5 rings (SSSR count). The van der Waals surface area contributed by atoms with Gasteiger partial charge in [-0.1, -0.05) is 41.4 Å². The first-order chi connectivity index (χ1) is 16.4. The number of rotatable bonds is 3. The van der Waals surface area contributed by atoms with Gasteiger partial charge in [0.15, 0.2) is 11.2 Å². The molecule has 0 bridgehead atoms. The number of halogens is 1. The summed E-state index contributed by atoms with van der Waals surface area (Å²) in [5.74, 6) is -0.331. The lowest BCUT2D eigenvalue weighted by molar-refractivity contribution is 0.0715. The Balaban J connectivity index is 1.33. The first-order valence-electron chi connectivity index (χ1n) is 10.8. The smallest absolute Gasteiger partial charge is 0.292 e. The van der Waals surface area contributed by atoms with E-state index in [0.717, 1.165) is 5.56 Å². The molecule has 4 aromatic rings. The third kappa shape index (κ3) is 3.97. The number of anilines is 1. The van der Waals surface area contributed by atoms with Gasteiger partial charge in [-0.05, 0) is 31.2 Å². The molecule has 0 aliphatic carbocycles. The molecule has 172 valence electrons. The average molecular weight is 477 g/mol. The molecule has 0 radical (unpaired) electrons. The van der Waals surface area contributed by atoms with E-state index in [2.05, 4.69) is 5.10 Å². The summed E-state index contributed by atoms with van der Waals surface area (Å²) in [4.78, 5) is 41.8.